The van der Waals surface area contributed by atoms with E-state index in [9.17, 15) is 37.2 Å². The summed E-state index contributed by atoms with van der Waals surface area (Å²) in [4.78, 5) is 114. The second-order valence-electron chi connectivity index (χ2n) is 6.32. The summed E-state index contributed by atoms with van der Waals surface area (Å²) in [6.45, 7) is 0. The molecule has 0 heterocycles. The van der Waals surface area contributed by atoms with Crippen molar-refractivity contribution in [3.8, 4) is 0 Å². The minimum absolute atomic E-state index is 0. The molecular weight excluding hydrogens is 720 g/mol. The molecule has 216 valence electrons. The van der Waals surface area contributed by atoms with Crippen LogP contribution in [0, 0.1) is 0 Å². The van der Waals surface area contributed by atoms with Crippen LogP contribution < -0.4 is 113 Å². The number of rotatable bonds is 12. The average molecular weight is 736 g/mol. The second-order valence-corrected chi connectivity index (χ2v) is 13.4. The van der Waals surface area contributed by atoms with Crippen LogP contribution in [-0.2, 0) is 54.5 Å². The van der Waals surface area contributed by atoms with E-state index in [0.29, 0.717) is 0 Å². The number of phosphoric ester groups is 6. The zero-order chi connectivity index (χ0) is 28.7. The SMILES string of the molecule is O=P([O-])(O)O[C@@H]1[C@H](OP(=O)([O-])O)[C@@H](OP(=O)(O)O)[C@H](OP(=O)(O)O)[C@@H](OP(=O)(O)O)[C@@H]1OP(=O)(O)O.[K+].[K+]. The fourth-order valence-electron chi connectivity index (χ4n) is 2.78. The standard InChI is InChI=1S/C6H18O24P6.2K/c7-31(8,9)25-1-2(26-32(10,11)12)4(28-34(16,17)18)6(30-36(22,23)24)5(29-35(19,20)21)3(1)27-33(13,14)15;;/h1-6H,(H2,7,8,9)(H2,10,11,12)(H2,13,14,15)(H2,16,17,18)(H2,19,20,21)(H2,22,23,24);;/q;2*+1/p-2/t1-,2-,3-,4+,5-,6-;;. The molecule has 0 amide bonds. The Balaban J connectivity index is 0. The minimum Gasteiger partial charge on any atom is -0.756 e. The Morgan fingerprint density at radius 3 is 0.605 bits per heavy atom. The second kappa shape index (κ2) is 16.0. The van der Waals surface area contributed by atoms with Gasteiger partial charge in [-0.1, -0.05) is 0 Å². The van der Waals surface area contributed by atoms with Gasteiger partial charge in [-0.3, -0.25) is 27.2 Å². The van der Waals surface area contributed by atoms with Crippen LogP contribution in [-0.4, -0.2) is 85.6 Å². The summed E-state index contributed by atoms with van der Waals surface area (Å²) < 4.78 is 92.3. The van der Waals surface area contributed by atoms with Crippen LogP contribution in [0.4, 0.5) is 0 Å². The van der Waals surface area contributed by atoms with Gasteiger partial charge in [0, 0.05) is 0 Å². The van der Waals surface area contributed by atoms with Crippen molar-refractivity contribution in [3.05, 3.63) is 0 Å². The topological polar surface area (TPSA) is 406 Å². The van der Waals surface area contributed by atoms with E-state index in [1.807, 2.05) is 0 Å². The molecule has 0 saturated heterocycles. The Hall–Kier alpha value is 3.93. The molecule has 0 radical (unpaired) electrons. The quantitative estimate of drug-likeness (QED) is 0.0656. The van der Waals surface area contributed by atoms with Crippen molar-refractivity contribution >= 4 is 46.9 Å². The van der Waals surface area contributed by atoms with Crippen LogP contribution in [0.5, 0.6) is 0 Å². The Morgan fingerprint density at radius 2 is 0.500 bits per heavy atom. The van der Waals surface area contributed by atoms with Gasteiger partial charge in [-0.25, -0.2) is 18.3 Å². The van der Waals surface area contributed by atoms with Crippen molar-refractivity contribution in [2.75, 3.05) is 0 Å². The first-order chi connectivity index (χ1) is 15.6. The molecule has 38 heavy (non-hydrogen) atoms. The van der Waals surface area contributed by atoms with E-state index in [1.54, 1.807) is 0 Å². The van der Waals surface area contributed by atoms with Crippen LogP contribution >= 0.6 is 46.9 Å². The Bertz CT molecular complexity index is 829. The van der Waals surface area contributed by atoms with Gasteiger partial charge in [-0.15, -0.1) is 0 Å². The molecule has 8 atom stereocenters. The average Bonchev–Trinajstić information content (AvgIpc) is 2.51. The summed E-state index contributed by atoms with van der Waals surface area (Å²) in [5, 5.41) is 0. The molecule has 1 rings (SSSR count). The third kappa shape index (κ3) is 18.0. The molecule has 0 aromatic carbocycles. The van der Waals surface area contributed by atoms with E-state index < -0.39 is 83.6 Å². The first-order valence-corrected chi connectivity index (χ1v) is 17.1. The van der Waals surface area contributed by atoms with Crippen molar-refractivity contribution in [2.24, 2.45) is 0 Å². The third-order valence-electron chi connectivity index (χ3n) is 3.49. The Morgan fingerprint density at radius 1 is 0.368 bits per heavy atom. The Kier molecular flexibility index (Phi) is 18.5. The van der Waals surface area contributed by atoms with Gasteiger partial charge < -0.3 is 67.8 Å². The molecule has 1 aliphatic rings. The first-order valence-electron chi connectivity index (χ1n) is 7.97. The molecule has 1 saturated carbocycles. The largest absolute Gasteiger partial charge is 1.00 e. The predicted molar refractivity (Wildman–Crippen MR) is 97.1 cm³/mol. The van der Waals surface area contributed by atoms with Crippen LogP contribution in [0.1, 0.15) is 0 Å². The first kappa shape index (κ1) is 44.1. The van der Waals surface area contributed by atoms with Gasteiger partial charge in [0.25, 0.3) is 15.6 Å². The van der Waals surface area contributed by atoms with E-state index in [4.69, 9.17) is 48.9 Å². The van der Waals surface area contributed by atoms with Crippen molar-refractivity contribution < 1.29 is 216 Å². The molecule has 32 heteroatoms. The van der Waals surface area contributed by atoms with E-state index in [-0.39, 0.29) is 103 Å². The van der Waals surface area contributed by atoms with Crippen molar-refractivity contribution in [3.63, 3.8) is 0 Å². The summed E-state index contributed by atoms with van der Waals surface area (Å²) in [5.74, 6) is 0. The molecule has 0 spiro atoms. The molecule has 0 aromatic heterocycles. The molecular formula is C6H16K2O24P6. The van der Waals surface area contributed by atoms with Crippen LogP contribution in [0.2, 0.25) is 0 Å². The number of hydrogen-bond acceptors (Lipinski definition) is 14. The van der Waals surface area contributed by atoms with Gasteiger partial charge in [0.15, 0.2) is 0 Å². The molecule has 0 aliphatic heterocycles. The zero-order valence-corrected chi connectivity index (χ0v) is 29.9. The maximum absolute atomic E-state index is 11.4. The number of hydrogen-bond donors (Lipinski definition) is 10. The van der Waals surface area contributed by atoms with Crippen molar-refractivity contribution in [1.29, 1.82) is 0 Å². The van der Waals surface area contributed by atoms with Gasteiger partial charge in [0.1, 0.15) is 36.6 Å². The summed E-state index contributed by atoms with van der Waals surface area (Å²) >= 11 is 0. The van der Waals surface area contributed by atoms with Gasteiger partial charge in [-0.2, -0.15) is 0 Å². The van der Waals surface area contributed by atoms with Crippen LogP contribution in [0.3, 0.4) is 0 Å². The van der Waals surface area contributed by atoms with E-state index in [1.165, 1.54) is 0 Å². The third-order valence-corrected chi connectivity index (χ3v) is 6.58. The molecule has 2 unspecified atom stereocenters. The van der Waals surface area contributed by atoms with Crippen LogP contribution in [0.25, 0.3) is 0 Å². The summed E-state index contributed by atoms with van der Waals surface area (Å²) in [5.41, 5.74) is 0. The van der Waals surface area contributed by atoms with Crippen molar-refractivity contribution in [2.45, 2.75) is 36.6 Å². The molecule has 24 nitrogen and oxygen atoms in total. The van der Waals surface area contributed by atoms with Gasteiger partial charge in [0.2, 0.25) is 0 Å². The van der Waals surface area contributed by atoms with Gasteiger partial charge in [0.05, 0.1) is 0 Å². The molecule has 0 aromatic rings. The summed E-state index contributed by atoms with van der Waals surface area (Å²) in [7, 11) is -36.8. The van der Waals surface area contributed by atoms with E-state index >= 15 is 0 Å². The predicted octanol–water partition coefficient (Wildman–Crippen LogP) is -10.4. The monoisotopic (exact) mass is 736 g/mol. The number of phosphoric acid groups is 6. The molecule has 1 aliphatic carbocycles. The minimum atomic E-state index is -6.29. The van der Waals surface area contributed by atoms with E-state index in [0.717, 1.165) is 0 Å². The van der Waals surface area contributed by atoms with Crippen LogP contribution in [0.15, 0.2) is 0 Å². The molecule has 1 fully saturated rings. The van der Waals surface area contributed by atoms with E-state index in [2.05, 4.69) is 27.1 Å². The van der Waals surface area contributed by atoms with Gasteiger partial charge >= 0.3 is 134 Å². The maximum atomic E-state index is 11.4. The smallest absolute Gasteiger partial charge is 0.756 e. The fourth-order valence-corrected chi connectivity index (χ4v) is 6.11. The molecule has 0 bridgehead atoms. The maximum Gasteiger partial charge on any atom is 1.00 e. The normalized spacial score (nSPS) is 30.3. The molecule has 10 N–H and O–H groups in total. The zero-order valence-electron chi connectivity index (χ0n) is 18.3. The fraction of sp³-hybridized carbons (Fsp3) is 1.00. The summed E-state index contributed by atoms with van der Waals surface area (Å²) in [6.07, 6.45) is -19.3. The Labute approximate surface area is 295 Å². The van der Waals surface area contributed by atoms with Crippen molar-refractivity contribution in [1.82, 2.24) is 0 Å². The van der Waals surface area contributed by atoms with Gasteiger partial charge in [-0.05, 0) is 0 Å². The summed E-state index contributed by atoms with van der Waals surface area (Å²) in [6, 6.07) is 0.